The number of aryl methyl sites for hydroxylation is 1. The van der Waals surface area contributed by atoms with E-state index in [1.54, 1.807) is 97.1 Å². The predicted molar refractivity (Wildman–Crippen MR) is 173 cm³/mol. The summed E-state index contributed by atoms with van der Waals surface area (Å²) in [5.41, 5.74) is 2.90. The fourth-order valence-electron chi connectivity index (χ4n) is 4.29. The minimum atomic E-state index is -0.802. The summed E-state index contributed by atoms with van der Waals surface area (Å²) >= 11 is 13.8. The lowest BCUT2D eigenvalue weighted by molar-refractivity contribution is -0.113. The van der Waals surface area contributed by atoms with E-state index in [-0.39, 0.29) is 34.5 Å². The van der Waals surface area contributed by atoms with Gasteiger partial charge in [-0.05, 0) is 48.4 Å². The Morgan fingerprint density at radius 2 is 1.47 bits per heavy atom. The van der Waals surface area contributed by atoms with Crippen LogP contribution in [0.4, 0.5) is 5.69 Å². The monoisotopic (exact) mass is 627 g/mol. The van der Waals surface area contributed by atoms with Crippen molar-refractivity contribution in [3.63, 3.8) is 0 Å². The summed E-state index contributed by atoms with van der Waals surface area (Å²) in [7, 11) is 0. The van der Waals surface area contributed by atoms with Gasteiger partial charge in [-0.15, -0.1) is 0 Å². The van der Waals surface area contributed by atoms with Crippen LogP contribution in [0.25, 0.3) is 0 Å². The van der Waals surface area contributed by atoms with Crippen LogP contribution < -0.4 is 10.6 Å². The highest BCUT2D eigenvalue weighted by Crippen LogP contribution is 2.37. The van der Waals surface area contributed by atoms with E-state index < -0.39 is 11.8 Å². The van der Waals surface area contributed by atoms with Gasteiger partial charge in [0.1, 0.15) is 0 Å². The van der Waals surface area contributed by atoms with Crippen LogP contribution in [-0.4, -0.2) is 23.4 Å². The lowest BCUT2D eigenvalue weighted by Crippen LogP contribution is -2.25. The Kier molecular flexibility index (Phi) is 11.2. The molecule has 6 nitrogen and oxygen atoms in total. The normalized spacial score (nSPS) is 12.0. The number of nitrogens with one attached hydrogen (secondary N) is 2. The fraction of sp³-hybridized carbons (Fsp3) is 0.118. The first-order valence-electron chi connectivity index (χ1n) is 13.3. The van der Waals surface area contributed by atoms with Crippen molar-refractivity contribution in [2.24, 2.45) is 0 Å². The van der Waals surface area contributed by atoms with E-state index in [1.807, 2.05) is 13.0 Å². The Morgan fingerprint density at radius 1 is 0.837 bits per heavy atom. The van der Waals surface area contributed by atoms with Crippen molar-refractivity contribution in [3.8, 4) is 6.07 Å². The van der Waals surface area contributed by atoms with Crippen LogP contribution in [0, 0.1) is 18.3 Å². The van der Waals surface area contributed by atoms with Gasteiger partial charge >= 0.3 is 0 Å². The van der Waals surface area contributed by atoms with Gasteiger partial charge in [-0.1, -0.05) is 108 Å². The molecule has 43 heavy (non-hydrogen) atoms. The maximum absolute atomic E-state index is 13.4. The number of nitriles is 1. The fourth-order valence-corrected chi connectivity index (χ4v) is 5.59. The van der Waals surface area contributed by atoms with Crippen LogP contribution in [0.2, 0.25) is 10.0 Å². The maximum Gasteiger partial charge on any atom is 0.256 e. The van der Waals surface area contributed by atoms with Crippen molar-refractivity contribution in [2.45, 2.75) is 19.3 Å². The molecule has 0 bridgehead atoms. The second-order valence-electron chi connectivity index (χ2n) is 9.54. The number of anilines is 1. The van der Waals surface area contributed by atoms with E-state index in [0.29, 0.717) is 32.4 Å². The first-order valence-corrected chi connectivity index (χ1v) is 15.0. The van der Waals surface area contributed by atoms with Gasteiger partial charge in [0.15, 0.2) is 5.78 Å². The first kappa shape index (κ1) is 31.6. The van der Waals surface area contributed by atoms with Crippen LogP contribution in [0.5, 0.6) is 0 Å². The van der Waals surface area contributed by atoms with Crippen molar-refractivity contribution < 1.29 is 14.4 Å². The van der Waals surface area contributed by atoms with Crippen LogP contribution in [0.1, 0.15) is 44.2 Å². The second-order valence-corrected chi connectivity index (χ2v) is 11.3. The van der Waals surface area contributed by atoms with Crippen LogP contribution in [0.15, 0.2) is 114 Å². The van der Waals surface area contributed by atoms with E-state index in [1.165, 1.54) is 0 Å². The van der Waals surface area contributed by atoms with Gasteiger partial charge in [-0.2, -0.15) is 5.26 Å². The second kappa shape index (κ2) is 15.2. The third-order valence-corrected chi connectivity index (χ3v) is 8.31. The van der Waals surface area contributed by atoms with Gasteiger partial charge in [0.05, 0.1) is 22.4 Å². The number of thioether (sulfide) groups is 1. The molecule has 1 unspecified atom stereocenters. The molecule has 1 atom stereocenters. The van der Waals surface area contributed by atoms with Gasteiger partial charge in [-0.3, -0.25) is 14.4 Å². The zero-order valence-electron chi connectivity index (χ0n) is 23.1. The van der Waals surface area contributed by atoms with Gasteiger partial charge in [-0.25, -0.2) is 0 Å². The molecule has 216 valence electrons. The maximum atomic E-state index is 13.4. The highest BCUT2D eigenvalue weighted by molar-refractivity contribution is 8.03. The molecule has 0 spiro atoms. The summed E-state index contributed by atoms with van der Waals surface area (Å²) in [6.07, 6.45) is -0.0873. The first-order chi connectivity index (χ1) is 20.8. The molecule has 0 aliphatic carbocycles. The molecule has 0 saturated carbocycles. The summed E-state index contributed by atoms with van der Waals surface area (Å²) in [5, 5.41) is 17.2. The molecule has 0 fully saturated rings. The molecule has 0 aliphatic heterocycles. The Balaban J connectivity index is 1.72. The molecular weight excluding hydrogens is 601 g/mol. The van der Waals surface area contributed by atoms with Gasteiger partial charge < -0.3 is 10.6 Å². The Bertz CT molecular complexity index is 1700. The molecule has 4 aromatic rings. The van der Waals surface area contributed by atoms with Crippen molar-refractivity contribution in [3.05, 3.63) is 146 Å². The minimum absolute atomic E-state index is 0.0873. The number of amides is 2. The lowest BCUT2D eigenvalue weighted by atomic mass is 9.86. The zero-order valence-corrected chi connectivity index (χ0v) is 25.5. The van der Waals surface area contributed by atoms with E-state index in [2.05, 4.69) is 16.7 Å². The number of rotatable bonds is 11. The molecule has 9 heteroatoms. The zero-order chi connectivity index (χ0) is 30.8. The minimum Gasteiger partial charge on any atom is -0.325 e. The summed E-state index contributed by atoms with van der Waals surface area (Å²) in [5.74, 6) is -1.98. The Hall–Kier alpha value is -4.35. The molecule has 2 N–H and O–H groups in total. The molecule has 0 aliphatic rings. The summed E-state index contributed by atoms with van der Waals surface area (Å²) in [6, 6.07) is 31.6. The Morgan fingerprint density at radius 3 is 2.09 bits per heavy atom. The quantitative estimate of drug-likeness (QED) is 0.129. The standard InChI is InChI=1S/C34H27Cl2N3O3S/c1-22-16-17-25(18-30(22)36)38-32(41)21-43-34(39-33(42)24-12-6-3-7-13-24)28(20-37)27(26-14-8-9-15-29(26)35)19-31(40)23-10-4-2-5-11-23/h2-18,27H,19,21H2,1H3,(H,38,41)(H,39,42). The number of allylic oxidation sites excluding steroid dienone is 1. The van der Waals surface area contributed by atoms with E-state index >= 15 is 0 Å². The largest absolute Gasteiger partial charge is 0.325 e. The Labute approximate surface area is 264 Å². The molecule has 0 radical (unpaired) electrons. The van der Waals surface area contributed by atoms with E-state index in [4.69, 9.17) is 23.2 Å². The van der Waals surface area contributed by atoms with Crippen LogP contribution >= 0.6 is 35.0 Å². The summed E-state index contributed by atoms with van der Waals surface area (Å²) in [6.45, 7) is 1.86. The van der Waals surface area contributed by atoms with Crippen LogP contribution in [0.3, 0.4) is 0 Å². The van der Waals surface area contributed by atoms with Crippen molar-refractivity contribution in [2.75, 3.05) is 11.1 Å². The van der Waals surface area contributed by atoms with Gasteiger partial charge in [0.2, 0.25) is 5.91 Å². The molecule has 2 amide bonds. The van der Waals surface area contributed by atoms with Crippen molar-refractivity contribution in [1.82, 2.24) is 5.32 Å². The molecular formula is C34H27Cl2N3O3S. The van der Waals surface area contributed by atoms with Crippen molar-refractivity contribution >= 4 is 58.2 Å². The summed E-state index contributed by atoms with van der Waals surface area (Å²) in [4.78, 5) is 39.6. The number of ketones is 1. The smallest absolute Gasteiger partial charge is 0.256 e. The van der Waals surface area contributed by atoms with E-state index in [9.17, 15) is 19.6 Å². The number of nitrogens with zero attached hydrogens (tertiary/aromatic N) is 1. The number of Topliss-reactive ketones (excluding diaryl/α,β-unsaturated/α-hetero) is 1. The number of hydrogen-bond donors (Lipinski definition) is 2. The third-order valence-electron chi connectivity index (χ3n) is 6.55. The van der Waals surface area contributed by atoms with Gasteiger partial charge in [0, 0.05) is 39.2 Å². The molecule has 4 rings (SSSR count). The van der Waals surface area contributed by atoms with Crippen LogP contribution in [-0.2, 0) is 4.79 Å². The number of halogens is 2. The topological polar surface area (TPSA) is 99.1 Å². The average molecular weight is 629 g/mol. The number of carbonyl (C=O) groups excluding carboxylic acids is 3. The summed E-state index contributed by atoms with van der Waals surface area (Å²) < 4.78 is 0. The molecule has 0 saturated heterocycles. The predicted octanol–water partition coefficient (Wildman–Crippen LogP) is 8.20. The number of hydrogen-bond acceptors (Lipinski definition) is 5. The highest BCUT2D eigenvalue weighted by Gasteiger charge is 2.28. The number of carbonyl (C=O) groups is 3. The lowest BCUT2D eigenvalue weighted by Gasteiger charge is -2.21. The van der Waals surface area contributed by atoms with Gasteiger partial charge in [0.25, 0.3) is 5.91 Å². The molecule has 0 heterocycles. The third kappa shape index (κ3) is 8.59. The molecule has 4 aromatic carbocycles. The number of benzene rings is 4. The molecule has 0 aromatic heterocycles. The van der Waals surface area contributed by atoms with Crippen molar-refractivity contribution in [1.29, 1.82) is 5.26 Å². The highest BCUT2D eigenvalue weighted by atomic mass is 35.5. The van der Waals surface area contributed by atoms with E-state index in [0.717, 1.165) is 17.3 Å². The average Bonchev–Trinajstić information content (AvgIpc) is 3.02. The SMILES string of the molecule is Cc1ccc(NC(=O)CSC(NC(=O)c2ccccc2)=C(C#N)C(CC(=O)c2ccccc2)c2ccccc2Cl)cc1Cl.